The molecule has 0 heterocycles. The number of ketones is 1. The van der Waals surface area contributed by atoms with Crippen molar-refractivity contribution in [1.29, 1.82) is 0 Å². The van der Waals surface area contributed by atoms with Crippen molar-refractivity contribution in [3.63, 3.8) is 0 Å². The van der Waals surface area contributed by atoms with Gasteiger partial charge in [-0.05, 0) is 5.56 Å². The van der Waals surface area contributed by atoms with Crippen molar-refractivity contribution >= 4 is 17.1 Å². The summed E-state index contributed by atoms with van der Waals surface area (Å²) in [6.07, 6.45) is 4.34. The topological polar surface area (TPSA) is 53.5 Å². The monoisotopic (exact) mass is 208 g/mol. The third-order valence-electron chi connectivity index (χ3n) is 2.96. The van der Waals surface area contributed by atoms with Crippen molar-refractivity contribution in [2.24, 2.45) is 0 Å². The molecular formula is C13H8N2O. The highest BCUT2D eigenvalue weighted by atomic mass is 16.1. The molecule has 0 unspecified atom stereocenters. The molecule has 0 aromatic heterocycles. The van der Waals surface area contributed by atoms with Gasteiger partial charge in [0.1, 0.15) is 5.57 Å². The van der Waals surface area contributed by atoms with Crippen LogP contribution in [0.25, 0.3) is 11.1 Å². The minimum absolute atomic E-state index is 0.0391. The Labute approximate surface area is 92.3 Å². The van der Waals surface area contributed by atoms with Gasteiger partial charge < -0.3 is 5.53 Å². The van der Waals surface area contributed by atoms with Crippen molar-refractivity contribution in [3.8, 4) is 0 Å². The molecule has 0 bridgehead atoms. The maximum atomic E-state index is 12.1. The molecule has 3 nitrogen and oxygen atoms in total. The fourth-order valence-corrected chi connectivity index (χ4v) is 2.25. The molecule has 3 rings (SSSR count). The van der Waals surface area contributed by atoms with Crippen LogP contribution in [-0.4, -0.2) is 16.3 Å². The lowest BCUT2D eigenvalue weighted by Crippen LogP contribution is -2.12. The highest BCUT2D eigenvalue weighted by molar-refractivity contribution is 6.37. The third kappa shape index (κ3) is 1.01. The lowest BCUT2D eigenvalue weighted by Gasteiger charge is -2.02. The maximum absolute atomic E-state index is 12.1. The molecule has 3 heteroatoms. The van der Waals surface area contributed by atoms with Crippen molar-refractivity contribution in [3.05, 3.63) is 58.6 Å². The van der Waals surface area contributed by atoms with E-state index >= 15 is 0 Å². The first-order chi connectivity index (χ1) is 7.83. The number of fused-ring (bicyclic) bond motifs is 2. The van der Waals surface area contributed by atoms with Gasteiger partial charge in [0.15, 0.2) is 0 Å². The predicted octanol–water partition coefficient (Wildman–Crippen LogP) is 2.27. The van der Waals surface area contributed by atoms with Gasteiger partial charge in [-0.25, -0.2) is 0 Å². The van der Waals surface area contributed by atoms with Crippen LogP contribution in [0, 0.1) is 0 Å². The zero-order chi connectivity index (χ0) is 11.1. The lowest BCUT2D eigenvalue weighted by atomic mass is 9.96. The Bertz CT molecular complexity index is 617. The molecule has 0 amide bonds. The number of carbonyl (C=O) groups is 1. The Morgan fingerprint density at radius 2 is 1.94 bits per heavy atom. The van der Waals surface area contributed by atoms with Gasteiger partial charge in [0.2, 0.25) is 5.78 Å². The van der Waals surface area contributed by atoms with Crippen molar-refractivity contribution in [1.82, 2.24) is 0 Å². The summed E-state index contributed by atoms with van der Waals surface area (Å²) in [7, 11) is 0. The molecule has 1 aromatic rings. The summed E-state index contributed by atoms with van der Waals surface area (Å²) >= 11 is 0. The van der Waals surface area contributed by atoms with E-state index in [1.54, 1.807) is 6.07 Å². The number of rotatable bonds is 0. The van der Waals surface area contributed by atoms with Gasteiger partial charge in [0.25, 0.3) is 0 Å². The standard InChI is InChI=1S/C13H8N2O/c14-15-11-7-3-6-9-8-4-1-2-5-10(8)13(16)12(9)11/h1-6H,7H2. The number of allylic oxidation sites excluding steroid dienone is 4. The summed E-state index contributed by atoms with van der Waals surface area (Å²) < 4.78 is 0. The summed E-state index contributed by atoms with van der Waals surface area (Å²) in [6.45, 7) is 0. The predicted molar refractivity (Wildman–Crippen MR) is 60.1 cm³/mol. The third-order valence-corrected chi connectivity index (χ3v) is 2.96. The maximum Gasteiger partial charge on any atom is 0.307 e. The van der Waals surface area contributed by atoms with E-state index in [4.69, 9.17) is 5.53 Å². The summed E-state index contributed by atoms with van der Waals surface area (Å²) in [6, 6.07) is 7.47. The van der Waals surface area contributed by atoms with Crippen LogP contribution in [0.4, 0.5) is 0 Å². The van der Waals surface area contributed by atoms with Gasteiger partial charge in [0, 0.05) is 11.1 Å². The van der Waals surface area contributed by atoms with Crippen LogP contribution in [0.3, 0.4) is 0 Å². The van der Waals surface area contributed by atoms with Crippen LogP contribution in [0.5, 0.6) is 0 Å². The largest absolute Gasteiger partial charge is 0.361 e. The number of nitrogens with zero attached hydrogens (tertiary/aromatic N) is 2. The normalized spacial score (nSPS) is 17.2. The van der Waals surface area contributed by atoms with Crippen molar-refractivity contribution in [2.75, 3.05) is 0 Å². The number of hydrogen-bond donors (Lipinski definition) is 0. The Morgan fingerprint density at radius 1 is 1.19 bits per heavy atom. The van der Waals surface area contributed by atoms with Crippen LogP contribution in [0.1, 0.15) is 22.3 Å². The molecule has 0 saturated carbocycles. The van der Waals surface area contributed by atoms with Crippen LogP contribution in [-0.2, 0) is 0 Å². The second-order valence-electron chi connectivity index (χ2n) is 3.82. The summed E-state index contributed by atoms with van der Waals surface area (Å²) in [5, 5.41) is 0. The summed E-state index contributed by atoms with van der Waals surface area (Å²) in [5.74, 6) is -0.0391. The molecule has 0 fully saturated rings. The SMILES string of the molecule is [N-]=[N+]=C1CC=CC2=C1C(=O)c1ccccc12. The van der Waals surface area contributed by atoms with Gasteiger partial charge in [-0.15, -0.1) is 0 Å². The molecule has 76 valence electrons. The van der Waals surface area contributed by atoms with Crippen LogP contribution < -0.4 is 0 Å². The highest BCUT2D eigenvalue weighted by Crippen LogP contribution is 2.36. The lowest BCUT2D eigenvalue weighted by molar-refractivity contribution is -0.00622. The first-order valence-electron chi connectivity index (χ1n) is 5.09. The van der Waals surface area contributed by atoms with Gasteiger partial charge in [-0.2, -0.15) is 4.79 Å². The van der Waals surface area contributed by atoms with E-state index in [0.29, 0.717) is 23.3 Å². The van der Waals surface area contributed by atoms with E-state index in [1.165, 1.54) is 0 Å². The smallest absolute Gasteiger partial charge is 0.307 e. The Balaban J connectivity index is 2.34. The molecule has 0 saturated heterocycles. The average molecular weight is 208 g/mol. The Morgan fingerprint density at radius 3 is 2.69 bits per heavy atom. The molecule has 0 radical (unpaired) electrons. The summed E-state index contributed by atoms with van der Waals surface area (Å²) in [4.78, 5) is 15.3. The molecule has 1 aromatic carbocycles. The quantitative estimate of drug-likeness (QED) is 0.476. The molecular weight excluding hydrogens is 200 g/mol. The molecule has 0 atom stereocenters. The van der Waals surface area contributed by atoms with Gasteiger partial charge in [0.05, 0.1) is 6.42 Å². The van der Waals surface area contributed by atoms with Gasteiger partial charge in [-0.3, -0.25) is 4.79 Å². The first kappa shape index (κ1) is 9.01. The molecule has 0 aliphatic heterocycles. The molecule has 0 N–H and O–H groups in total. The van der Waals surface area contributed by atoms with E-state index in [9.17, 15) is 4.79 Å². The minimum Gasteiger partial charge on any atom is -0.361 e. The van der Waals surface area contributed by atoms with Crippen LogP contribution in [0.2, 0.25) is 0 Å². The van der Waals surface area contributed by atoms with E-state index in [2.05, 4.69) is 4.79 Å². The molecule has 16 heavy (non-hydrogen) atoms. The van der Waals surface area contributed by atoms with Gasteiger partial charge in [-0.1, -0.05) is 36.4 Å². The average Bonchev–Trinajstić information content (AvgIpc) is 2.64. The van der Waals surface area contributed by atoms with Crippen molar-refractivity contribution in [2.45, 2.75) is 6.42 Å². The van der Waals surface area contributed by atoms with E-state index < -0.39 is 0 Å². The minimum atomic E-state index is -0.0391. The first-order valence-corrected chi connectivity index (χ1v) is 5.09. The fraction of sp³-hybridized carbons (Fsp3) is 0.0769. The molecule has 0 spiro atoms. The number of benzene rings is 1. The highest BCUT2D eigenvalue weighted by Gasteiger charge is 2.36. The summed E-state index contributed by atoms with van der Waals surface area (Å²) in [5.41, 5.74) is 12.4. The number of carbonyl (C=O) groups excluding carboxylic acids is 1. The van der Waals surface area contributed by atoms with E-state index in [1.807, 2.05) is 30.4 Å². The number of Topliss-reactive ketones (excluding diaryl/α,β-unsaturated/α-hetero) is 1. The zero-order valence-corrected chi connectivity index (χ0v) is 8.47. The second-order valence-corrected chi connectivity index (χ2v) is 3.82. The Hall–Kier alpha value is -2.25. The van der Waals surface area contributed by atoms with Crippen LogP contribution >= 0.6 is 0 Å². The van der Waals surface area contributed by atoms with E-state index in [-0.39, 0.29) is 5.78 Å². The fourth-order valence-electron chi connectivity index (χ4n) is 2.25. The molecule has 2 aliphatic carbocycles. The zero-order valence-electron chi connectivity index (χ0n) is 8.47. The molecule has 2 aliphatic rings. The number of hydrogen-bond acceptors (Lipinski definition) is 1. The van der Waals surface area contributed by atoms with Crippen LogP contribution in [0.15, 0.2) is 42.0 Å². The van der Waals surface area contributed by atoms with Crippen molar-refractivity contribution < 1.29 is 9.58 Å². The van der Waals surface area contributed by atoms with Gasteiger partial charge >= 0.3 is 5.71 Å². The second kappa shape index (κ2) is 3.12. The van der Waals surface area contributed by atoms with E-state index in [0.717, 1.165) is 11.1 Å². The Kier molecular flexibility index (Phi) is 1.76.